The minimum Gasteiger partial charge on any atom is -0.399 e. The van der Waals surface area contributed by atoms with Gasteiger partial charge in [0.05, 0.1) is 27.9 Å². The molecular formula is C16H21BClN3O2. The van der Waals surface area contributed by atoms with E-state index in [1.165, 1.54) is 0 Å². The van der Waals surface area contributed by atoms with Gasteiger partial charge in [-0.15, -0.1) is 0 Å². The lowest BCUT2D eigenvalue weighted by Gasteiger charge is -2.32. The molecule has 122 valence electrons. The first-order chi connectivity index (χ1) is 10.6. The van der Waals surface area contributed by atoms with Gasteiger partial charge in [-0.25, -0.2) is 4.98 Å². The van der Waals surface area contributed by atoms with E-state index in [0.717, 1.165) is 16.8 Å². The van der Waals surface area contributed by atoms with Crippen molar-refractivity contribution in [2.75, 3.05) is 19.0 Å². The highest BCUT2D eigenvalue weighted by Crippen LogP contribution is 2.37. The Labute approximate surface area is 142 Å². The van der Waals surface area contributed by atoms with Crippen molar-refractivity contribution in [3.05, 3.63) is 23.4 Å². The number of rotatable bonds is 2. The Balaban J connectivity index is 2.08. The van der Waals surface area contributed by atoms with Crippen molar-refractivity contribution in [1.82, 2.24) is 9.97 Å². The molecule has 2 aromatic rings. The van der Waals surface area contributed by atoms with Gasteiger partial charge in [-0.1, -0.05) is 17.7 Å². The van der Waals surface area contributed by atoms with Gasteiger partial charge < -0.3 is 14.2 Å². The molecule has 1 fully saturated rings. The number of nitrogens with zero attached hydrogens (tertiary/aromatic N) is 3. The molecule has 1 aromatic heterocycles. The van der Waals surface area contributed by atoms with E-state index in [2.05, 4.69) is 9.97 Å². The standard InChI is InChI=1S/C16H21BClN3O2/c1-15(2)16(3,4)23-17(22-15)10-7-8-11-14(13(10)18)20-12(9-19-11)21(5)6/h7-9H,1-6H3. The van der Waals surface area contributed by atoms with E-state index in [0.29, 0.717) is 10.5 Å². The monoisotopic (exact) mass is 333 g/mol. The third-order valence-corrected chi connectivity index (χ3v) is 5.03. The summed E-state index contributed by atoms with van der Waals surface area (Å²) in [5, 5.41) is 0.525. The Bertz CT molecular complexity index is 748. The zero-order valence-corrected chi connectivity index (χ0v) is 15.1. The van der Waals surface area contributed by atoms with Crippen molar-refractivity contribution in [3.8, 4) is 0 Å². The molecule has 1 aromatic carbocycles. The van der Waals surface area contributed by atoms with E-state index >= 15 is 0 Å². The summed E-state index contributed by atoms with van der Waals surface area (Å²) in [6.07, 6.45) is 1.73. The fourth-order valence-corrected chi connectivity index (χ4v) is 2.71. The van der Waals surface area contributed by atoms with Gasteiger partial charge in [0.15, 0.2) is 0 Å². The van der Waals surface area contributed by atoms with Crippen LogP contribution in [0.3, 0.4) is 0 Å². The van der Waals surface area contributed by atoms with Crippen LogP contribution in [-0.2, 0) is 9.31 Å². The zero-order chi connectivity index (χ0) is 17.0. The smallest absolute Gasteiger partial charge is 0.399 e. The molecule has 0 radical (unpaired) electrons. The summed E-state index contributed by atoms with van der Waals surface area (Å²) in [5.74, 6) is 0.755. The van der Waals surface area contributed by atoms with E-state index in [1.807, 2.05) is 58.8 Å². The van der Waals surface area contributed by atoms with Crippen LogP contribution in [-0.4, -0.2) is 42.4 Å². The number of benzene rings is 1. The summed E-state index contributed by atoms with van der Waals surface area (Å²) >= 11 is 6.60. The van der Waals surface area contributed by atoms with Crippen LogP contribution in [0, 0.1) is 0 Å². The lowest BCUT2D eigenvalue weighted by Crippen LogP contribution is -2.41. The van der Waals surface area contributed by atoms with Crippen LogP contribution in [0.4, 0.5) is 5.82 Å². The average Bonchev–Trinajstić information content (AvgIpc) is 2.67. The molecule has 3 rings (SSSR count). The van der Waals surface area contributed by atoms with Crippen molar-refractivity contribution in [1.29, 1.82) is 0 Å². The second kappa shape index (κ2) is 5.33. The Morgan fingerprint density at radius 3 is 2.26 bits per heavy atom. The van der Waals surface area contributed by atoms with Gasteiger partial charge in [0, 0.05) is 19.6 Å². The molecule has 1 aliphatic rings. The van der Waals surface area contributed by atoms with Gasteiger partial charge in [0.25, 0.3) is 0 Å². The predicted molar refractivity (Wildman–Crippen MR) is 94.6 cm³/mol. The average molecular weight is 334 g/mol. The number of hydrogen-bond acceptors (Lipinski definition) is 5. The van der Waals surface area contributed by atoms with E-state index in [1.54, 1.807) is 6.20 Å². The molecule has 0 N–H and O–H groups in total. The summed E-state index contributed by atoms with van der Waals surface area (Å²) in [7, 11) is 3.32. The Morgan fingerprint density at radius 1 is 1.09 bits per heavy atom. The van der Waals surface area contributed by atoms with Crippen molar-refractivity contribution < 1.29 is 9.31 Å². The Kier molecular flexibility index (Phi) is 3.82. The van der Waals surface area contributed by atoms with Crippen LogP contribution in [0.1, 0.15) is 27.7 Å². The molecule has 0 atom stereocenters. The minimum atomic E-state index is -0.512. The third-order valence-electron chi connectivity index (χ3n) is 4.64. The molecule has 23 heavy (non-hydrogen) atoms. The molecule has 0 amide bonds. The van der Waals surface area contributed by atoms with Gasteiger partial charge in [0.2, 0.25) is 0 Å². The maximum atomic E-state index is 6.60. The van der Waals surface area contributed by atoms with Crippen LogP contribution in [0.25, 0.3) is 11.0 Å². The number of halogens is 1. The third kappa shape index (κ3) is 2.69. The molecule has 0 saturated carbocycles. The molecule has 5 nitrogen and oxygen atoms in total. The molecule has 1 saturated heterocycles. The number of fused-ring (bicyclic) bond motifs is 1. The topological polar surface area (TPSA) is 47.5 Å². The van der Waals surface area contributed by atoms with E-state index in [4.69, 9.17) is 20.9 Å². The minimum absolute atomic E-state index is 0.410. The van der Waals surface area contributed by atoms with E-state index in [9.17, 15) is 0 Å². The first-order valence-corrected chi connectivity index (χ1v) is 7.98. The molecule has 0 unspecified atom stereocenters. The SMILES string of the molecule is CN(C)c1cnc2ccc(B3OC(C)(C)C(C)(C)O3)c(Cl)c2n1. The quantitative estimate of drug-likeness (QED) is 0.791. The summed E-state index contributed by atoms with van der Waals surface area (Å²) < 4.78 is 12.2. The number of hydrogen-bond donors (Lipinski definition) is 0. The van der Waals surface area contributed by atoms with Gasteiger partial charge >= 0.3 is 7.12 Å². The fourth-order valence-electron chi connectivity index (χ4n) is 2.42. The lowest BCUT2D eigenvalue weighted by molar-refractivity contribution is 0.00578. The predicted octanol–water partition coefficient (Wildman–Crippen LogP) is 2.65. The maximum absolute atomic E-state index is 6.60. The zero-order valence-electron chi connectivity index (χ0n) is 14.3. The van der Waals surface area contributed by atoms with Crippen LogP contribution in [0.2, 0.25) is 5.02 Å². The van der Waals surface area contributed by atoms with E-state index < -0.39 is 18.3 Å². The molecule has 0 aliphatic carbocycles. The van der Waals surface area contributed by atoms with Gasteiger partial charge in [-0.05, 0) is 33.8 Å². The first-order valence-electron chi connectivity index (χ1n) is 7.60. The number of aromatic nitrogens is 2. The molecule has 1 aliphatic heterocycles. The van der Waals surface area contributed by atoms with Gasteiger partial charge in [0.1, 0.15) is 11.3 Å². The van der Waals surface area contributed by atoms with Crippen molar-refractivity contribution >= 4 is 41.0 Å². The summed E-state index contributed by atoms with van der Waals surface area (Å²) in [5.41, 5.74) is 1.37. The highest BCUT2D eigenvalue weighted by Gasteiger charge is 2.52. The Hall–Kier alpha value is -1.37. The summed E-state index contributed by atoms with van der Waals surface area (Å²) in [6.45, 7) is 8.08. The lowest BCUT2D eigenvalue weighted by atomic mass is 9.79. The second-order valence-corrected chi connectivity index (χ2v) is 7.43. The van der Waals surface area contributed by atoms with Crippen LogP contribution >= 0.6 is 11.6 Å². The van der Waals surface area contributed by atoms with Crippen LogP contribution in [0.5, 0.6) is 0 Å². The molecular weight excluding hydrogens is 312 g/mol. The highest BCUT2D eigenvalue weighted by molar-refractivity contribution is 6.66. The molecule has 0 bridgehead atoms. The molecule has 0 spiro atoms. The summed E-state index contributed by atoms with van der Waals surface area (Å²) in [6, 6.07) is 3.80. The van der Waals surface area contributed by atoms with Crippen molar-refractivity contribution in [3.63, 3.8) is 0 Å². The van der Waals surface area contributed by atoms with Gasteiger partial charge in [-0.2, -0.15) is 0 Å². The second-order valence-electron chi connectivity index (χ2n) is 7.05. The fraction of sp³-hybridized carbons (Fsp3) is 0.500. The van der Waals surface area contributed by atoms with Crippen molar-refractivity contribution in [2.45, 2.75) is 38.9 Å². The van der Waals surface area contributed by atoms with Crippen molar-refractivity contribution in [2.24, 2.45) is 0 Å². The first kappa shape index (κ1) is 16.5. The Morgan fingerprint density at radius 2 is 1.70 bits per heavy atom. The molecule has 2 heterocycles. The largest absolute Gasteiger partial charge is 0.496 e. The highest BCUT2D eigenvalue weighted by atomic mass is 35.5. The number of anilines is 1. The van der Waals surface area contributed by atoms with E-state index in [-0.39, 0.29) is 0 Å². The summed E-state index contributed by atoms with van der Waals surface area (Å²) in [4.78, 5) is 10.9. The van der Waals surface area contributed by atoms with Crippen LogP contribution in [0.15, 0.2) is 18.3 Å². The van der Waals surface area contributed by atoms with Gasteiger partial charge in [-0.3, -0.25) is 4.98 Å². The maximum Gasteiger partial charge on any atom is 0.496 e. The van der Waals surface area contributed by atoms with Crippen LogP contribution < -0.4 is 10.4 Å². The normalized spacial score (nSPS) is 19.3. The molecule has 7 heteroatoms.